The minimum Gasteiger partial charge on any atom is -0.381 e. The van der Waals surface area contributed by atoms with Crippen LogP contribution in [-0.2, 0) is 28.9 Å². The van der Waals surface area contributed by atoms with Gasteiger partial charge in [0.1, 0.15) is 6.54 Å². The maximum atomic E-state index is 13.4. The molecule has 0 atom stereocenters. The molecule has 3 aromatic rings. The van der Waals surface area contributed by atoms with Crippen LogP contribution in [0.2, 0.25) is 5.02 Å². The molecule has 1 N–H and O–H groups in total. The van der Waals surface area contributed by atoms with Gasteiger partial charge in [0.2, 0.25) is 11.9 Å². The largest absolute Gasteiger partial charge is 0.381 e. The van der Waals surface area contributed by atoms with Crippen LogP contribution >= 0.6 is 11.6 Å². The van der Waals surface area contributed by atoms with E-state index in [1.165, 1.54) is 5.56 Å². The maximum absolute atomic E-state index is 13.4. The second kappa shape index (κ2) is 11.2. The van der Waals surface area contributed by atoms with Gasteiger partial charge in [-0.15, -0.1) is 0 Å². The van der Waals surface area contributed by atoms with Crippen molar-refractivity contribution in [3.63, 3.8) is 0 Å². The van der Waals surface area contributed by atoms with Crippen LogP contribution in [0.1, 0.15) is 45.5 Å². The third-order valence-corrected chi connectivity index (χ3v) is 8.15. The van der Waals surface area contributed by atoms with Gasteiger partial charge < -0.3 is 19.9 Å². The Hall–Kier alpha value is -4.00. The van der Waals surface area contributed by atoms with Crippen LogP contribution in [0.15, 0.2) is 42.6 Å². The summed E-state index contributed by atoms with van der Waals surface area (Å²) in [4.78, 5) is 39.0. The molecule has 1 aromatic heterocycles. The number of nitrogens with zero attached hydrogens (tertiary/aromatic N) is 5. The Kier molecular flexibility index (Phi) is 7.37. The number of carbonyl (C=O) groups excluding carboxylic acids is 2. The molecule has 6 rings (SSSR count). The van der Waals surface area contributed by atoms with Crippen molar-refractivity contribution in [2.75, 3.05) is 38.2 Å². The van der Waals surface area contributed by atoms with Gasteiger partial charge in [0.15, 0.2) is 0 Å². The van der Waals surface area contributed by atoms with Gasteiger partial charge in [0.25, 0.3) is 5.91 Å². The number of rotatable bonds is 5. The molecule has 3 aliphatic heterocycles. The molecule has 3 aliphatic rings. The molecule has 2 amide bonds. The number of benzene rings is 2. The molecule has 1 saturated heterocycles. The van der Waals surface area contributed by atoms with Gasteiger partial charge in [-0.05, 0) is 60.6 Å². The van der Waals surface area contributed by atoms with Crippen LogP contribution in [0.5, 0.6) is 0 Å². The van der Waals surface area contributed by atoms with Crippen LogP contribution < -0.4 is 5.32 Å². The molecule has 0 unspecified atom stereocenters. The normalized spacial score (nSPS) is 17.1. The van der Waals surface area contributed by atoms with Gasteiger partial charge in [-0.1, -0.05) is 29.8 Å². The van der Waals surface area contributed by atoms with Crippen molar-refractivity contribution in [2.24, 2.45) is 0 Å². The standard InChI is InChI=1S/C30H29ClN6O3/c31-26-16-33-30(34-24-7-11-40-12-8-24)35-28(26)22-3-4-23-17-37(29(39)25(23)14-22)18-27(38)36-9-5-20-2-1-19(15-32)13-21(20)6-10-36/h1-4,13-14,16,24H,5-12,17-18H2,(H,33,34,35). The number of halogens is 1. The fraction of sp³-hybridized carbons (Fsp3) is 0.367. The van der Waals surface area contributed by atoms with E-state index < -0.39 is 0 Å². The molecule has 9 nitrogen and oxygen atoms in total. The Morgan fingerprint density at radius 1 is 1.10 bits per heavy atom. The zero-order chi connectivity index (χ0) is 27.6. The van der Waals surface area contributed by atoms with E-state index in [2.05, 4.69) is 21.4 Å². The zero-order valence-corrected chi connectivity index (χ0v) is 22.8. The lowest BCUT2D eigenvalue weighted by molar-refractivity contribution is -0.131. The van der Waals surface area contributed by atoms with Crippen LogP contribution in [0.3, 0.4) is 0 Å². The number of hydrogen-bond acceptors (Lipinski definition) is 7. The van der Waals surface area contributed by atoms with E-state index in [1.807, 2.05) is 41.3 Å². The van der Waals surface area contributed by atoms with Crippen molar-refractivity contribution in [3.05, 3.63) is 75.4 Å². The van der Waals surface area contributed by atoms with Crippen LogP contribution in [0.25, 0.3) is 11.3 Å². The quantitative estimate of drug-likeness (QED) is 0.508. The van der Waals surface area contributed by atoms with Crippen molar-refractivity contribution in [3.8, 4) is 17.3 Å². The Labute approximate surface area is 237 Å². The van der Waals surface area contributed by atoms with E-state index >= 15 is 0 Å². The molecule has 10 heteroatoms. The summed E-state index contributed by atoms with van der Waals surface area (Å²) in [6.45, 7) is 2.98. The van der Waals surface area contributed by atoms with E-state index in [0.29, 0.717) is 67.1 Å². The molecule has 2 aromatic carbocycles. The predicted molar refractivity (Wildman–Crippen MR) is 150 cm³/mol. The van der Waals surface area contributed by atoms with E-state index in [-0.39, 0.29) is 24.4 Å². The van der Waals surface area contributed by atoms with E-state index in [0.717, 1.165) is 36.0 Å². The molecule has 0 saturated carbocycles. The second-order valence-electron chi connectivity index (χ2n) is 10.4. The number of carbonyl (C=O) groups is 2. The molecule has 1 fully saturated rings. The first-order valence-electron chi connectivity index (χ1n) is 13.6. The summed E-state index contributed by atoms with van der Waals surface area (Å²) in [5.74, 6) is 0.249. The molecule has 0 radical (unpaired) electrons. The molecular weight excluding hydrogens is 528 g/mol. The summed E-state index contributed by atoms with van der Waals surface area (Å²) < 4.78 is 5.42. The second-order valence-corrected chi connectivity index (χ2v) is 10.8. The van der Waals surface area contributed by atoms with Crippen molar-refractivity contribution in [2.45, 2.75) is 38.3 Å². The Morgan fingerprint density at radius 3 is 2.67 bits per heavy atom. The molecule has 0 aliphatic carbocycles. The van der Waals surface area contributed by atoms with Crippen molar-refractivity contribution in [1.82, 2.24) is 19.8 Å². The van der Waals surface area contributed by atoms with Gasteiger partial charge >= 0.3 is 0 Å². The minimum atomic E-state index is -0.173. The predicted octanol–water partition coefficient (Wildman–Crippen LogP) is 3.84. The SMILES string of the molecule is N#Cc1ccc2c(c1)CCN(C(=O)CN1Cc3ccc(-c4nc(NC5CCOCC5)ncc4Cl)cc3C1=O)CC2. The highest BCUT2D eigenvalue weighted by Gasteiger charge is 2.31. The smallest absolute Gasteiger partial charge is 0.254 e. The lowest BCUT2D eigenvalue weighted by atomic mass is 10.0. The fourth-order valence-corrected chi connectivity index (χ4v) is 5.81. The highest BCUT2D eigenvalue weighted by molar-refractivity contribution is 6.33. The van der Waals surface area contributed by atoms with Gasteiger partial charge in [-0.25, -0.2) is 9.97 Å². The minimum absolute atomic E-state index is 0.0239. The third-order valence-electron chi connectivity index (χ3n) is 7.88. The molecule has 40 heavy (non-hydrogen) atoms. The number of fused-ring (bicyclic) bond motifs is 2. The number of aromatic nitrogens is 2. The summed E-state index contributed by atoms with van der Waals surface area (Å²) in [7, 11) is 0. The number of ether oxygens (including phenoxy) is 1. The number of nitriles is 1. The van der Waals surface area contributed by atoms with Crippen LogP contribution in [0.4, 0.5) is 5.95 Å². The topological polar surface area (TPSA) is 111 Å². The van der Waals surface area contributed by atoms with Gasteiger partial charge in [-0.3, -0.25) is 9.59 Å². The first-order chi connectivity index (χ1) is 19.5. The molecule has 0 spiro atoms. The Balaban J connectivity index is 1.13. The first kappa shape index (κ1) is 26.2. The lowest BCUT2D eigenvalue weighted by Crippen LogP contribution is -2.41. The average Bonchev–Trinajstić information content (AvgIpc) is 3.14. The number of hydrogen-bond donors (Lipinski definition) is 1. The lowest BCUT2D eigenvalue weighted by Gasteiger charge is -2.23. The van der Waals surface area contributed by atoms with Crippen LogP contribution in [-0.4, -0.2) is 70.5 Å². The monoisotopic (exact) mass is 556 g/mol. The maximum Gasteiger partial charge on any atom is 0.254 e. The Bertz CT molecular complexity index is 1510. The molecular formula is C30H29ClN6O3. The number of amides is 2. The average molecular weight is 557 g/mol. The highest BCUT2D eigenvalue weighted by atomic mass is 35.5. The van der Waals surface area contributed by atoms with E-state index in [9.17, 15) is 14.9 Å². The van der Waals surface area contributed by atoms with Gasteiger partial charge in [0, 0.05) is 50.0 Å². The summed E-state index contributed by atoms with van der Waals surface area (Å²) in [5.41, 5.74) is 5.63. The van der Waals surface area contributed by atoms with Crippen LogP contribution in [0, 0.1) is 11.3 Å². The number of nitrogens with one attached hydrogen (secondary N) is 1. The molecule has 204 valence electrons. The third kappa shape index (κ3) is 5.37. The molecule has 4 heterocycles. The first-order valence-corrected chi connectivity index (χ1v) is 14.0. The van der Waals surface area contributed by atoms with Crippen molar-refractivity contribution >= 4 is 29.4 Å². The highest BCUT2D eigenvalue weighted by Crippen LogP contribution is 2.32. The van der Waals surface area contributed by atoms with Gasteiger partial charge in [-0.2, -0.15) is 5.26 Å². The summed E-state index contributed by atoms with van der Waals surface area (Å²) in [6, 6.07) is 13.8. The summed E-state index contributed by atoms with van der Waals surface area (Å²) >= 11 is 6.47. The summed E-state index contributed by atoms with van der Waals surface area (Å²) in [6.07, 6.45) is 4.77. The van der Waals surface area contributed by atoms with Crippen molar-refractivity contribution < 1.29 is 14.3 Å². The van der Waals surface area contributed by atoms with E-state index in [1.54, 1.807) is 11.1 Å². The Morgan fingerprint density at radius 2 is 1.88 bits per heavy atom. The van der Waals surface area contributed by atoms with E-state index in [4.69, 9.17) is 16.3 Å². The molecule has 0 bridgehead atoms. The fourth-order valence-electron chi connectivity index (χ4n) is 5.61. The number of anilines is 1. The van der Waals surface area contributed by atoms with Crippen molar-refractivity contribution in [1.29, 1.82) is 5.26 Å². The zero-order valence-electron chi connectivity index (χ0n) is 22.0. The van der Waals surface area contributed by atoms with Gasteiger partial charge in [0.05, 0.1) is 28.5 Å². The summed E-state index contributed by atoms with van der Waals surface area (Å²) in [5, 5.41) is 13.0.